The van der Waals surface area contributed by atoms with E-state index < -0.39 is 17.4 Å². The van der Waals surface area contributed by atoms with Gasteiger partial charge in [0.05, 0.1) is 18.6 Å². The minimum atomic E-state index is -0.934. The van der Waals surface area contributed by atoms with E-state index in [0.717, 1.165) is 19.3 Å². The number of nitrogens with one attached hydrogen (secondary N) is 3. The van der Waals surface area contributed by atoms with Crippen LogP contribution in [-0.2, 0) is 9.59 Å². The Bertz CT molecular complexity index is 1060. The number of hydrogen-bond donors (Lipinski definition) is 3. The van der Waals surface area contributed by atoms with Gasteiger partial charge >= 0.3 is 0 Å². The highest BCUT2D eigenvalue weighted by atomic mass is 16.5. The number of piperidine rings is 1. The van der Waals surface area contributed by atoms with Crippen LogP contribution >= 0.6 is 0 Å². The SMILES string of the molecule is COc1cccc(NC(=O)[C@@H]2CC(=O)Nc3nc(N4[C@H](C)CCC[C@H]4C)[nH]c(=O)c32)c1. The van der Waals surface area contributed by atoms with Gasteiger partial charge < -0.3 is 20.3 Å². The predicted octanol–water partition coefficient (Wildman–Crippen LogP) is 2.61. The second kappa shape index (κ2) is 8.41. The van der Waals surface area contributed by atoms with Gasteiger partial charge in [0, 0.05) is 30.3 Å². The van der Waals surface area contributed by atoms with Crippen molar-refractivity contribution in [2.24, 2.45) is 0 Å². The fourth-order valence-electron chi connectivity index (χ4n) is 4.47. The predicted molar refractivity (Wildman–Crippen MR) is 118 cm³/mol. The molecule has 0 radical (unpaired) electrons. The maximum atomic E-state index is 13.0. The highest BCUT2D eigenvalue weighted by Crippen LogP contribution is 2.32. The standard InChI is InChI=1S/C22H27N5O4/c1-12-6-4-7-13(2)27(12)22-25-19-18(21(30)26-22)16(11-17(28)24-19)20(29)23-14-8-5-9-15(10-14)31-3/h5,8-10,12-13,16H,4,6-7,11H2,1-3H3,(H,23,29)(H2,24,25,26,28,30)/t12-,13-,16-/m1/s1. The smallest absolute Gasteiger partial charge is 0.258 e. The number of methoxy groups -OCH3 is 1. The molecule has 0 spiro atoms. The average molecular weight is 425 g/mol. The number of H-pyrrole nitrogens is 1. The van der Waals surface area contributed by atoms with Gasteiger partial charge in [0.1, 0.15) is 11.6 Å². The van der Waals surface area contributed by atoms with E-state index in [4.69, 9.17) is 4.74 Å². The van der Waals surface area contributed by atoms with Gasteiger partial charge in [-0.25, -0.2) is 0 Å². The van der Waals surface area contributed by atoms with Crippen molar-refractivity contribution in [1.29, 1.82) is 0 Å². The molecule has 9 heteroatoms. The van der Waals surface area contributed by atoms with Crippen LogP contribution in [0.3, 0.4) is 0 Å². The van der Waals surface area contributed by atoms with E-state index in [2.05, 4.69) is 39.3 Å². The van der Waals surface area contributed by atoms with Crippen molar-refractivity contribution in [3.63, 3.8) is 0 Å². The van der Waals surface area contributed by atoms with Crippen LogP contribution in [-0.4, -0.2) is 41.0 Å². The van der Waals surface area contributed by atoms with Crippen LogP contribution in [0.4, 0.5) is 17.5 Å². The van der Waals surface area contributed by atoms with Crippen LogP contribution in [0.2, 0.25) is 0 Å². The third kappa shape index (κ3) is 4.12. The van der Waals surface area contributed by atoms with Crippen LogP contribution < -0.4 is 25.8 Å². The van der Waals surface area contributed by atoms with E-state index in [1.54, 1.807) is 24.3 Å². The van der Waals surface area contributed by atoms with Crippen molar-refractivity contribution < 1.29 is 14.3 Å². The molecule has 3 heterocycles. The summed E-state index contributed by atoms with van der Waals surface area (Å²) in [5.41, 5.74) is 0.297. The zero-order valence-corrected chi connectivity index (χ0v) is 17.9. The molecule has 9 nitrogen and oxygen atoms in total. The molecule has 1 aromatic carbocycles. The molecule has 3 atom stereocenters. The molecule has 1 fully saturated rings. The number of carbonyl (C=O) groups is 2. The lowest BCUT2D eigenvalue weighted by Gasteiger charge is -2.39. The van der Waals surface area contributed by atoms with E-state index in [1.807, 2.05) is 0 Å². The number of benzene rings is 1. The topological polar surface area (TPSA) is 116 Å². The minimum Gasteiger partial charge on any atom is -0.497 e. The molecule has 0 aliphatic carbocycles. The summed E-state index contributed by atoms with van der Waals surface area (Å²) in [6.07, 6.45) is 3.01. The van der Waals surface area contributed by atoms with Crippen molar-refractivity contribution in [2.75, 3.05) is 22.6 Å². The minimum absolute atomic E-state index is 0.122. The maximum absolute atomic E-state index is 13.0. The Hall–Kier alpha value is -3.36. The van der Waals surface area contributed by atoms with Crippen molar-refractivity contribution in [1.82, 2.24) is 9.97 Å². The van der Waals surface area contributed by atoms with Crippen LogP contribution in [0, 0.1) is 0 Å². The van der Waals surface area contributed by atoms with Gasteiger partial charge in [0.15, 0.2) is 0 Å². The quantitative estimate of drug-likeness (QED) is 0.693. The lowest BCUT2D eigenvalue weighted by molar-refractivity contribution is -0.123. The van der Waals surface area contributed by atoms with Gasteiger partial charge in [-0.1, -0.05) is 6.07 Å². The number of anilines is 3. The third-order valence-corrected chi connectivity index (χ3v) is 6.03. The maximum Gasteiger partial charge on any atom is 0.258 e. The monoisotopic (exact) mass is 425 g/mol. The fourth-order valence-corrected chi connectivity index (χ4v) is 4.47. The first-order valence-corrected chi connectivity index (χ1v) is 10.5. The molecule has 2 aliphatic rings. The first kappa shape index (κ1) is 20.9. The Balaban J connectivity index is 1.66. The Kier molecular flexibility index (Phi) is 5.67. The van der Waals surface area contributed by atoms with Gasteiger partial charge in [-0.15, -0.1) is 0 Å². The largest absolute Gasteiger partial charge is 0.497 e. The van der Waals surface area contributed by atoms with Gasteiger partial charge in [-0.2, -0.15) is 4.98 Å². The van der Waals surface area contributed by atoms with E-state index in [-0.39, 0.29) is 35.8 Å². The fraction of sp³-hybridized carbons (Fsp3) is 0.455. The van der Waals surface area contributed by atoms with Crippen LogP contribution in [0.5, 0.6) is 5.75 Å². The number of fused-ring (bicyclic) bond motifs is 1. The first-order chi connectivity index (χ1) is 14.9. The lowest BCUT2D eigenvalue weighted by Crippen LogP contribution is -2.46. The third-order valence-electron chi connectivity index (χ3n) is 6.03. The summed E-state index contributed by atoms with van der Waals surface area (Å²) in [6.45, 7) is 4.19. The lowest BCUT2D eigenvalue weighted by atomic mass is 9.92. The Labute approximate surface area is 180 Å². The molecule has 1 saturated heterocycles. The number of hydrogen-bond acceptors (Lipinski definition) is 6. The normalized spacial score (nSPS) is 23.0. The highest BCUT2D eigenvalue weighted by Gasteiger charge is 2.36. The van der Waals surface area contributed by atoms with Gasteiger partial charge in [0.25, 0.3) is 5.56 Å². The molecule has 4 rings (SSSR count). The first-order valence-electron chi connectivity index (χ1n) is 10.5. The van der Waals surface area contributed by atoms with Crippen molar-refractivity contribution in [3.8, 4) is 5.75 Å². The molecule has 31 heavy (non-hydrogen) atoms. The van der Waals surface area contributed by atoms with E-state index in [0.29, 0.717) is 17.4 Å². The number of carbonyl (C=O) groups excluding carboxylic acids is 2. The van der Waals surface area contributed by atoms with Crippen LogP contribution in [0.15, 0.2) is 29.1 Å². The summed E-state index contributed by atoms with van der Waals surface area (Å²) in [4.78, 5) is 47.9. The Morgan fingerprint density at radius 1 is 1.23 bits per heavy atom. The molecule has 2 aliphatic heterocycles. The summed E-state index contributed by atoms with van der Waals surface area (Å²) in [6, 6.07) is 7.34. The van der Waals surface area contributed by atoms with Crippen molar-refractivity contribution in [3.05, 3.63) is 40.2 Å². The summed E-state index contributed by atoms with van der Waals surface area (Å²) in [5.74, 6) is -0.542. The van der Waals surface area contributed by atoms with Gasteiger partial charge in [-0.3, -0.25) is 19.4 Å². The summed E-state index contributed by atoms with van der Waals surface area (Å²) in [5, 5.41) is 5.46. The van der Waals surface area contributed by atoms with E-state index >= 15 is 0 Å². The van der Waals surface area contributed by atoms with Crippen molar-refractivity contribution >= 4 is 29.3 Å². The van der Waals surface area contributed by atoms with Crippen molar-refractivity contribution in [2.45, 2.75) is 57.5 Å². The molecule has 164 valence electrons. The molecular formula is C22H27N5O4. The highest BCUT2D eigenvalue weighted by molar-refractivity contribution is 6.04. The zero-order valence-electron chi connectivity index (χ0n) is 17.9. The summed E-state index contributed by atoms with van der Waals surface area (Å²) < 4.78 is 5.18. The zero-order chi connectivity index (χ0) is 22.1. The molecule has 0 unspecified atom stereocenters. The van der Waals surface area contributed by atoms with Gasteiger partial charge in [0.2, 0.25) is 17.8 Å². The molecule has 0 bridgehead atoms. The summed E-state index contributed by atoms with van der Waals surface area (Å²) >= 11 is 0. The average Bonchev–Trinajstić information content (AvgIpc) is 2.73. The Morgan fingerprint density at radius 2 is 1.97 bits per heavy atom. The number of rotatable bonds is 4. The molecule has 0 saturated carbocycles. The molecular weight excluding hydrogens is 398 g/mol. The number of aromatic nitrogens is 2. The second-order valence-corrected chi connectivity index (χ2v) is 8.21. The Morgan fingerprint density at radius 3 is 2.68 bits per heavy atom. The molecule has 3 N–H and O–H groups in total. The van der Waals surface area contributed by atoms with Crippen LogP contribution in [0.25, 0.3) is 0 Å². The summed E-state index contributed by atoms with van der Waals surface area (Å²) in [7, 11) is 1.54. The molecule has 2 amide bonds. The second-order valence-electron chi connectivity index (χ2n) is 8.21. The van der Waals surface area contributed by atoms with E-state index in [1.165, 1.54) is 7.11 Å². The van der Waals surface area contributed by atoms with Gasteiger partial charge in [-0.05, 0) is 45.2 Å². The molecule has 2 aromatic rings. The molecule has 1 aromatic heterocycles. The van der Waals surface area contributed by atoms with E-state index in [9.17, 15) is 14.4 Å². The number of nitrogens with zero attached hydrogens (tertiary/aromatic N) is 2. The number of aromatic amines is 1. The number of amides is 2. The van der Waals surface area contributed by atoms with Crippen LogP contribution in [0.1, 0.15) is 51.0 Å². The number of ether oxygens (including phenoxy) is 1.